The van der Waals surface area contributed by atoms with Crippen molar-refractivity contribution in [2.45, 2.75) is 19.4 Å². The van der Waals surface area contributed by atoms with Gasteiger partial charge in [-0.2, -0.15) is 0 Å². The molecular formula is C19H19N3O3. The van der Waals surface area contributed by atoms with Gasteiger partial charge in [-0.1, -0.05) is 12.1 Å². The third-order valence-corrected chi connectivity index (χ3v) is 4.84. The summed E-state index contributed by atoms with van der Waals surface area (Å²) in [5.41, 5.74) is 7.75. The summed E-state index contributed by atoms with van der Waals surface area (Å²) < 4.78 is 5.30. The highest BCUT2D eigenvalue weighted by Crippen LogP contribution is 2.32. The Kier molecular flexibility index (Phi) is 3.89. The van der Waals surface area contributed by atoms with Crippen LogP contribution in [0.25, 0.3) is 6.08 Å². The van der Waals surface area contributed by atoms with E-state index in [0.717, 1.165) is 42.9 Å². The molecule has 0 spiro atoms. The number of rotatable bonds is 3. The molecule has 2 heterocycles. The zero-order valence-corrected chi connectivity index (χ0v) is 14.0. The molecular weight excluding hydrogens is 318 g/mol. The average molecular weight is 337 g/mol. The monoisotopic (exact) mass is 337 g/mol. The number of nitrogens with zero attached hydrogens (tertiary/aromatic N) is 2. The molecule has 1 aliphatic carbocycles. The first kappa shape index (κ1) is 15.7. The van der Waals surface area contributed by atoms with Gasteiger partial charge < -0.3 is 9.64 Å². The highest BCUT2D eigenvalue weighted by atomic mass is 16.5. The lowest BCUT2D eigenvalue weighted by atomic mass is 10.0. The minimum atomic E-state index is -0.576. The topological polar surface area (TPSA) is 74.7 Å². The summed E-state index contributed by atoms with van der Waals surface area (Å²) in [6.45, 7) is 1.64. The third kappa shape index (κ3) is 2.85. The number of hydrogen-bond acceptors (Lipinski definition) is 5. The number of amides is 1. The van der Waals surface area contributed by atoms with Gasteiger partial charge in [0.15, 0.2) is 0 Å². The quantitative estimate of drug-likeness (QED) is 0.663. The van der Waals surface area contributed by atoms with Gasteiger partial charge in [-0.15, -0.1) is 0 Å². The lowest BCUT2D eigenvalue weighted by molar-refractivity contribution is 0.0700. The van der Waals surface area contributed by atoms with E-state index in [-0.39, 0.29) is 5.69 Å². The van der Waals surface area contributed by atoms with Crippen LogP contribution in [0.3, 0.4) is 0 Å². The van der Waals surface area contributed by atoms with Gasteiger partial charge >= 0.3 is 0 Å². The number of hydroxylamine groups is 1. The number of allylic oxidation sites excluding steroid dienone is 1. The van der Waals surface area contributed by atoms with Crippen LogP contribution in [-0.4, -0.2) is 34.7 Å². The average Bonchev–Trinajstić information content (AvgIpc) is 3.09. The summed E-state index contributed by atoms with van der Waals surface area (Å²) in [6, 6.07) is 9.76. The minimum absolute atomic E-state index is 0.245. The maximum atomic E-state index is 11.5. The Balaban J connectivity index is 1.54. The van der Waals surface area contributed by atoms with E-state index < -0.39 is 5.91 Å². The molecule has 4 rings (SSSR count). The fraction of sp³-hybridized carbons (Fsp3) is 0.263. The molecule has 6 nitrogen and oxygen atoms in total. The largest absolute Gasteiger partial charge is 0.497 e. The summed E-state index contributed by atoms with van der Waals surface area (Å²) in [7, 11) is 1.68. The molecule has 1 aromatic carbocycles. The van der Waals surface area contributed by atoms with Crippen LogP contribution in [0.5, 0.6) is 5.75 Å². The Hall–Kier alpha value is -2.86. The van der Waals surface area contributed by atoms with E-state index >= 15 is 0 Å². The van der Waals surface area contributed by atoms with Crippen LogP contribution in [0.1, 0.15) is 32.9 Å². The molecule has 0 bridgehead atoms. The molecule has 0 atom stereocenters. The second-order valence-corrected chi connectivity index (χ2v) is 6.29. The smallest absolute Gasteiger partial charge is 0.293 e. The Bertz CT molecular complexity index is 876. The molecule has 0 unspecified atom stereocenters. The molecule has 2 aliphatic rings. The summed E-state index contributed by atoms with van der Waals surface area (Å²) >= 11 is 0. The van der Waals surface area contributed by atoms with Gasteiger partial charge in [0, 0.05) is 37.3 Å². The number of fused-ring (bicyclic) bond motifs is 2. The van der Waals surface area contributed by atoms with Crippen molar-refractivity contribution in [1.29, 1.82) is 0 Å². The number of carbonyl (C=O) groups excluding carboxylic acids is 1. The maximum absolute atomic E-state index is 11.5. The van der Waals surface area contributed by atoms with Crippen LogP contribution in [0.2, 0.25) is 0 Å². The molecule has 0 saturated carbocycles. The van der Waals surface area contributed by atoms with Crippen LogP contribution in [0, 0.1) is 0 Å². The minimum Gasteiger partial charge on any atom is -0.497 e. The number of aromatic nitrogens is 1. The van der Waals surface area contributed by atoms with Gasteiger partial charge in [-0.3, -0.25) is 10.0 Å². The predicted molar refractivity (Wildman–Crippen MR) is 92.3 cm³/mol. The molecule has 1 aromatic heterocycles. The fourth-order valence-electron chi connectivity index (χ4n) is 3.47. The van der Waals surface area contributed by atoms with Gasteiger partial charge in [0.25, 0.3) is 5.91 Å². The Morgan fingerprint density at radius 3 is 2.92 bits per heavy atom. The van der Waals surface area contributed by atoms with E-state index in [2.05, 4.69) is 28.1 Å². The molecule has 6 heteroatoms. The molecule has 0 radical (unpaired) electrons. The van der Waals surface area contributed by atoms with Crippen molar-refractivity contribution in [2.75, 3.05) is 13.7 Å². The second kappa shape index (κ2) is 6.22. The van der Waals surface area contributed by atoms with Crippen molar-refractivity contribution in [3.63, 3.8) is 0 Å². The number of benzene rings is 1. The second-order valence-electron chi connectivity index (χ2n) is 6.29. The molecule has 1 amide bonds. The van der Waals surface area contributed by atoms with Crippen LogP contribution in [-0.2, 0) is 19.4 Å². The number of methoxy groups -OCH3 is 1. The lowest BCUT2D eigenvalue weighted by Gasteiger charge is -2.31. The zero-order chi connectivity index (χ0) is 17.4. The Labute approximate surface area is 145 Å². The standard InChI is InChI=1S/C19H19N3O3/c1-25-16-4-2-12-8-15(9-14(12)10-16)22-7-6-17-13(11-22)3-5-18(20-17)19(23)21-24/h2-5,9-10,24H,6-8,11H2,1H3,(H,21,23). The van der Waals surface area contributed by atoms with Crippen LogP contribution in [0.15, 0.2) is 36.0 Å². The SMILES string of the molecule is COc1ccc2c(c1)C=C(N1CCc3nc(C(=O)NO)ccc3C1)C2. The van der Waals surface area contributed by atoms with Crippen molar-refractivity contribution in [3.8, 4) is 5.75 Å². The number of carbonyl (C=O) groups is 1. The number of hydrogen-bond donors (Lipinski definition) is 2. The van der Waals surface area contributed by atoms with Crippen molar-refractivity contribution in [1.82, 2.24) is 15.4 Å². The maximum Gasteiger partial charge on any atom is 0.293 e. The van der Waals surface area contributed by atoms with Gasteiger partial charge in [0.1, 0.15) is 11.4 Å². The van der Waals surface area contributed by atoms with Crippen LogP contribution in [0.4, 0.5) is 0 Å². The van der Waals surface area contributed by atoms with Crippen LogP contribution >= 0.6 is 0 Å². The van der Waals surface area contributed by atoms with E-state index in [1.165, 1.54) is 16.8 Å². The number of nitrogens with one attached hydrogen (secondary N) is 1. The van der Waals surface area contributed by atoms with E-state index in [4.69, 9.17) is 9.94 Å². The molecule has 0 saturated heterocycles. The fourth-order valence-corrected chi connectivity index (χ4v) is 3.47. The summed E-state index contributed by atoms with van der Waals surface area (Å²) in [5, 5.41) is 8.74. The first-order valence-corrected chi connectivity index (χ1v) is 8.23. The van der Waals surface area contributed by atoms with E-state index in [9.17, 15) is 4.79 Å². The predicted octanol–water partition coefficient (Wildman–Crippen LogP) is 2.16. The van der Waals surface area contributed by atoms with E-state index in [1.54, 1.807) is 18.7 Å². The normalized spacial score (nSPS) is 15.3. The van der Waals surface area contributed by atoms with Gasteiger partial charge in [0.2, 0.25) is 0 Å². The van der Waals surface area contributed by atoms with E-state index in [0.29, 0.717) is 0 Å². The van der Waals surface area contributed by atoms with Crippen molar-refractivity contribution in [3.05, 3.63) is 64.1 Å². The zero-order valence-electron chi connectivity index (χ0n) is 14.0. The Morgan fingerprint density at radius 1 is 1.28 bits per heavy atom. The molecule has 2 aromatic rings. The molecule has 1 aliphatic heterocycles. The van der Waals surface area contributed by atoms with E-state index in [1.807, 2.05) is 12.1 Å². The van der Waals surface area contributed by atoms with Gasteiger partial charge in [0.05, 0.1) is 7.11 Å². The molecule has 2 N–H and O–H groups in total. The van der Waals surface area contributed by atoms with Gasteiger partial charge in [-0.25, -0.2) is 10.5 Å². The molecule has 25 heavy (non-hydrogen) atoms. The first-order chi connectivity index (χ1) is 12.2. The Morgan fingerprint density at radius 2 is 2.12 bits per heavy atom. The summed E-state index contributed by atoms with van der Waals surface area (Å²) in [5.74, 6) is 0.298. The highest BCUT2D eigenvalue weighted by Gasteiger charge is 2.24. The van der Waals surface area contributed by atoms with Gasteiger partial charge in [-0.05, 0) is 41.0 Å². The highest BCUT2D eigenvalue weighted by molar-refractivity contribution is 5.91. The molecule has 128 valence electrons. The van der Waals surface area contributed by atoms with Crippen molar-refractivity contribution < 1.29 is 14.7 Å². The first-order valence-electron chi connectivity index (χ1n) is 8.23. The van der Waals surface area contributed by atoms with Crippen molar-refractivity contribution >= 4 is 12.0 Å². The summed E-state index contributed by atoms with van der Waals surface area (Å²) in [6.07, 6.45) is 3.93. The number of ether oxygens (including phenoxy) is 1. The van der Waals surface area contributed by atoms with Crippen LogP contribution < -0.4 is 10.2 Å². The number of pyridine rings is 1. The van der Waals surface area contributed by atoms with Crippen molar-refractivity contribution in [2.24, 2.45) is 0 Å². The third-order valence-electron chi connectivity index (χ3n) is 4.84. The molecule has 0 fully saturated rings. The lowest BCUT2D eigenvalue weighted by Crippen LogP contribution is -2.31. The summed E-state index contributed by atoms with van der Waals surface area (Å²) in [4.78, 5) is 18.2.